The average Bonchev–Trinajstić information content (AvgIpc) is 2.72. The SMILES string of the molecule is Cc1cc(CNc2cc(=O)[nH]c(C(C)C)n2)no1. The first-order chi connectivity index (χ1) is 8.54. The third-order valence-electron chi connectivity index (χ3n) is 2.43. The van der Waals surface area contributed by atoms with E-state index in [1.165, 1.54) is 6.07 Å². The van der Waals surface area contributed by atoms with E-state index in [1.807, 2.05) is 26.8 Å². The van der Waals surface area contributed by atoms with Crippen LogP contribution in [0.1, 0.15) is 37.0 Å². The summed E-state index contributed by atoms with van der Waals surface area (Å²) in [6.45, 7) is 6.26. The van der Waals surface area contributed by atoms with Gasteiger partial charge in [0.1, 0.15) is 23.1 Å². The Morgan fingerprint density at radius 2 is 2.22 bits per heavy atom. The van der Waals surface area contributed by atoms with Crippen molar-refractivity contribution in [1.82, 2.24) is 15.1 Å². The van der Waals surface area contributed by atoms with E-state index in [9.17, 15) is 4.79 Å². The molecule has 18 heavy (non-hydrogen) atoms. The third kappa shape index (κ3) is 2.97. The lowest BCUT2D eigenvalue weighted by atomic mass is 10.2. The molecule has 0 saturated heterocycles. The molecule has 0 aliphatic rings. The topological polar surface area (TPSA) is 83.8 Å². The van der Waals surface area contributed by atoms with Crippen molar-refractivity contribution >= 4 is 5.82 Å². The molecule has 0 bridgehead atoms. The summed E-state index contributed by atoms with van der Waals surface area (Å²) in [5.74, 6) is 2.15. The number of nitrogens with zero attached hydrogens (tertiary/aromatic N) is 2. The zero-order valence-corrected chi connectivity index (χ0v) is 10.7. The number of aromatic nitrogens is 3. The minimum absolute atomic E-state index is 0.160. The lowest BCUT2D eigenvalue weighted by molar-refractivity contribution is 0.391. The largest absolute Gasteiger partial charge is 0.364 e. The highest BCUT2D eigenvalue weighted by Crippen LogP contribution is 2.10. The summed E-state index contributed by atoms with van der Waals surface area (Å²) in [4.78, 5) is 18.5. The lowest BCUT2D eigenvalue weighted by Crippen LogP contribution is -2.14. The Hall–Kier alpha value is -2.11. The fourth-order valence-electron chi connectivity index (χ4n) is 1.52. The quantitative estimate of drug-likeness (QED) is 0.862. The molecule has 0 aliphatic carbocycles. The number of aromatic amines is 1. The van der Waals surface area contributed by atoms with Gasteiger partial charge in [-0.3, -0.25) is 4.79 Å². The molecule has 0 unspecified atom stereocenters. The Labute approximate surface area is 104 Å². The minimum Gasteiger partial charge on any atom is -0.364 e. The van der Waals surface area contributed by atoms with Crippen LogP contribution in [0.25, 0.3) is 0 Å². The van der Waals surface area contributed by atoms with Crippen LogP contribution in [-0.4, -0.2) is 15.1 Å². The molecule has 6 nitrogen and oxygen atoms in total. The fraction of sp³-hybridized carbons (Fsp3) is 0.417. The van der Waals surface area contributed by atoms with Crippen LogP contribution >= 0.6 is 0 Å². The number of rotatable bonds is 4. The molecular weight excluding hydrogens is 232 g/mol. The van der Waals surface area contributed by atoms with Gasteiger partial charge in [0, 0.05) is 18.1 Å². The summed E-state index contributed by atoms with van der Waals surface area (Å²) in [6.07, 6.45) is 0. The van der Waals surface area contributed by atoms with E-state index in [0.29, 0.717) is 18.2 Å². The number of hydrogen-bond acceptors (Lipinski definition) is 5. The zero-order chi connectivity index (χ0) is 13.1. The first kappa shape index (κ1) is 12.3. The molecule has 6 heteroatoms. The maximum atomic E-state index is 11.5. The van der Waals surface area contributed by atoms with Gasteiger partial charge in [0.25, 0.3) is 5.56 Å². The number of anilines is 1. The van der Waals surface area contributed by atoms with Crippen LogP contribution in [0.3, 0.4) is 0 Å². The number of nitrogens with one attached hydrogen (secondary N) is 2. The van der Waals surface area contributed by atoms with E-state index in [0.717, 1.165) is 11.5 Å². The molecule has 96 valence electrons. The van der Waals surface area contributed by atoms with Crippen LogP contribution < -0.4 is 10.9 Å². The van der Waals surface area contributed by atoms with Crippen molar-refractivity contribution in [1.29, 1.82) is 0 Å². The molecule has 0 saturated carbocycles. The predicted octanol–water partition coefficient (Wildman–Crippen LogP) is 1.80. The molecule has 0 fully saturated rings. The van der Waals surface area contributed by atoms with Crippen molar-refractivity contribution in [3.8, 4) is 0 Å². The molecule has 0 aromatic carbocycles. The second-order valence-corrected chi connectivity index (χ2v) is 4.45. The molecule has 0 aliphatic heterocycles. The van der Waals surface area contributed by atoms with Gasteiger partial charge >= 0.3 is 0 Å². The molecule has 0 amide bonds. The van der Waals surface area contributed by atoms with E-state index in [4.69, 9.17) is 4.52 Å². The second-order valence-electron chi connectivity index (χ2n) is 4.45. The van der Waals surface area contributed by atoms with Gasteiger partial charge in [0.2, 0.25) is 0 Å². The number of aryl methyl sites for hydroxylation is 1. The maximum absolute atomic E-state index is 11.5. The highest BCUT2D eigenvalue weighted by molar-refractivity contribution is 5.34. The van der Waals surface area contributed by atoms with E-state index in [-0.39, 0.29) is 11.5 Å². The van der Waals surface area contributed by atoms with Crippen molar-refractivity contribution in [2.45, 2.75) is 33.2 Å². The molecule has 0 spiro atoms. The van der Waals surface area contributed by atoms with E-state index < -0.39 is 0 Å². The van der Waals surface area contributed by atoms with Gasteiger partial charge in [-0.1, -0.05) is 19.0 Å². The highest BCUT2D eigenvalue weighted by atomic mass is 16.5. The summed E-state index contributed by atoms with van der Waals surface area (Å²) in [5.41, 5.74) is 0.619. The Kier molecular flexibility index (Phi) is 3.45. The molecule has 0 radical (unpaired) electrons. The number of hydrogen-bond donors (Lipinski definition) is 2. The van der Waals surface area contributed by atoms with Gasteiger partial charge < -0.3 is 14.8 Å². The first-order valence-electron chi connectivity index (χ1n) is 5.82. The van der Waals surface area contributed by atoms with Crippen LogP contribution in [0, 0.1) is 6.92 Å². The molecule has 2 heterocycles. The Morgan fingerprint density at radius 1 is 1.44 bits per heavy atom. The number of H-pyrrole nitrogens is 1. The minimum atomic E-state index is -0.160. The van der Waals surface area contributed by atoms with Crippen LogP contribution in [0.5, 0.6) is 0 Å². The van der Waals surface area contributed by atoms with Crippen LogP contribution in [-0.2, 0) is 6.54 Å². The van der Waals surface area contributed by atoms with E-state index in [1.54, 1.807) is 0 Å². The third-order valence-corrected chi connectivity index (χ3v) is 2.43. The molecule has 0 atom stereocenters. The monoisotopic (exact) mass is 248 g/mol. The highest BCUT2D eigenvalue weighted by Gasteiger charge is 2.06. The Bertz CT molecular complexity index is 586. The fourth-order valence-corrected chi connectivity index (χ4v) is 1.52. The maximum Gasteiger partial charge on any atom is 0.252 e. The summed E-state index contributed by atoms with van der Waals surface area (Å²) >= 11 is 0. The Balaban J connectivity index is 2.11. The van der Waals surface area contributed by atoms with Gasteiger partial charge in [0.15, 0.2) is 0 Å². The van der Waals surface area contributed by atoms with Gasteiger partial charge in [-0.2, -0.15) is 0 Å². The van der Waals surface area contributed by atoms with Crippen molar-refractivity contribution in [2.24, 2.45) is 0 Å². The van der Waals surface area contributed by atoms with Gasteiger partial charge in [-0.05, 0) is 6.92 Å². The van der Waals surface area contributed by atoms with Crippen molar-refractivity contribution < 1.29 is 4.52 Å². The summed E-state index contributed by atoms with van der Waals surface area (Å²) < 4.78 is 4.96. The molecule has 2 aromatic rings. The molecule has 2 N–H and O–H groups in total. The average molecular weight is 248 g/mol. The molecular formula is C12H16N4O2. The van der Waals surface area contributed by atoms with Crippen molar-refractivity contribution in [3.63, 3.8) is 0 Å². The van der Waals surface area contributed by atoms with Gasteiger partial charge in [-0.15, -0.1) is 0 Å². The summed E-state index contributed by atoms with van der Waals surface area (Å²) in [5, 5.41) is 6.92. The smallest absolute Gasteiger partial charge is 0.252 e. The second kappa shape index (κ2) is 5.03. The predicted molar refractivity (Wildman–Crippen MR) is 67.5 cm³/mol. The summed E-state index contributed by atoms with van der Waals surface area (Å²) in [7, 11) is 0. The van der Waals surface area contributed by atoms with E-state index in [2.05, 4.69) is 20.4 Å². The van der Waals surface area contributed by atoms with Crippen molar-refractivity contribution in [3.05, 3.63) is 39.8 Å². The van der Waals surface area contributed by atoms with Crippen LogP contribution in [0.15, 0.2) is 21.5 Å². The lowest BCUT2D eigenvalue weighted by Gasteiger charge is -2.07. The molecule has 2 rings (SSSR count). The summed E-state index contributed by atoms with van der Waals surface area (Å²) in [6, 6.07) is 3.27. The standard InChI is InChI=1S/C12H16N4O2/c1-7(2)12-14-10(5-11(17)15-12)13-6-9-4-8(3)18-16-9/h4-5,7H,6H2,1-3H3,(H2,13,14,15,17). The Morgan fingerprint density at radius 3 is 2.83 bits per heavy atom. The van der Waals surface area contributed by atoms with Gasteiger partial charge in [0.05, 0.1) is 6.54 Å². The van der Waals surface area contributed by atoms with E-state index >= 15 is 0 Å². The van der Waals surface area contributed by atoms with Crippen LogP contribution in [0.2, 0.25) is 0 Å². The normalized spacial score (nSPS) is 10.9. The van der Waals surface area contributed by atoms with Crippen LogP contribution in [0.4, 0.5) is 5.82 Å². The zero-order valence-electron chi connectivity index (χ0n) is 10.7. The molecule has 2 aromatic heterocycles. The first-order valence-corrected chi connectivity index (χ1v) is 5.82. The van der Waals surface area contributed by atoms with Gasteiger partial charge in [-0.25, -0.2) is 4.98 Å². The van der Waals surface area contributed by atoms with Crippen molar-refractivity contribution in [2.75, 3.05) is 5.32 Å².